The summed E-state index contributed by atoms with van der Waals surface area (Å²) >= 11 is 0. The summed E-state index contributed by atoms with van der Waals surface area (Å²) in [6.45, 7) is 1.30. The van der Waals surface area contributed by atoms with Crippen molar-refractivity contribution in [2.24, 2.45) is 0 Å². The van der Waals surface area contributed by atoms with Gasteiger partial charge in [-0.25, -0.2) is 10.5 Å². The summed E-state index contributed by atoms with van der Waals surface area (Å²) in [5, 5.41) is 10.0. The van der Waals surface area contributed by atoms with Crippen LogP contribution in [0.5, 0.6) is 0 Å². The first-order chi connectivity index (χ1) is 11.3. The molecule has 4 rings (SSSR count). The summed E-state index contributed by atoms with van der Waals surface area (Å²) in [6, 6.07) is 17.6. The lowest BCUT2D eigenvalue weighted by atomic mass is 10.0. The van der Waals surface area contributed by atoms with E-state index in [1.165, 1.54) is 0 Å². The lowest BCUT2D eigenvalue weighted by molar-refractivity contribution is 0.0705. The molecular formula is C18H15N3O2. The number of anilines is 1. The Labute approximate surface area is 133 Å². The van der Waals surface area contributed by atoms with E-state index >= 15 is 0 Å². The van der Waals surface area contributed by atoms with Crippen molar-refractivity contribution in [2.45, 2.75) is 13.1 Å². The van der Waals surface area contributed by atoms with Crippen LogP contribution in [-0.4, -0.2) is 16.1 Å². The van der Waals surface area contributed by atoms with Crippen molar-refractivity contribution >= 4 is 22.6 Å². The molecule has 23 heavy (non-hydrogen) atoms. The lowest BCUT2D eigenvalue weighted by Crippen LogP contribution is -2.21. The monoisotopic (exact) mass is 305 g/mol. The first-order valence-corrected chi connectivity index (χ1v) is 7.42. The molecule has 5 nitrogen and oxygen atoms in total. The number of aromatic nitrogens is 1. The van der Waals surface area contributed by atoms with Gasteiger partial charge in [-0.1, -0.05) is 30.3 Å². The molecule has 0 bridgehead atoms. The van der Waals surface area contributed by atoms with Crippen LogP contribution in [0.25, 0.3) is 10.9 Å². The van der Waals surface area contributed by atoms with Crippen LogP contribution >= 0.6 is 0 Å². The number of carbonyl (C=O) groups excluding carboxylic acids is 1. The van der Waals surface area contributed by atoms with Crippen LogP contribution in [0.3, 0.4) is 0 Å². The van der Waals surface area contributed by atoms with Gasteiger partial charge in [-0.15, -0.1) is 0 Å². The number of para-hydroxylation sites is 1. The zero-order valence-corrected chi connectivity index (χ0v) is 12.4. The molecule has 0 atom stereocenters. The van der Waals surface area contributed by atoms with Crippen molar-refractivity contribution in [1.82, 2.24) is 10.5 Å². The van der Waals surface area contributed by atoms with Gasteiger partial charge in [0, 0.05) is 24.0 Å². The van der Waals surface area contributed by atoms with Crippen molar-refractivity contribution in [3.8, 4) is 0 Å². The molecule has 0 aliphatic carbocycles. The van der Waals surface area contributed by atoms with Gasteiger partial charge in [0.1, 0.15) is 5.82 Å². The fraction of sp³-hybridized carbons (Fsp3) is 0.111. The molecule has 0 saturated carbocycles. The second kappa shape index (κ2) is 5.37. The summed E-state index contributed by atoms with van der Waals surface area (Å²) < 4.78 is 0. The zero-order valence-electron chi connectivity index (χ0n) is 12.4. The molecule has 2 N–H and O–H groups in total. The summed E-state index contributed by atoms with van der Waals surface area (Å²) in [4.78, 5) is 18.6. The minimum Gasteiger partial charge on any atom is -0.348 e. The van der Waals surface area contributed by atoms with E-state index in [1.54, 1.807) is 11.5 Å². The van der Waals surface area contributed by atoms with Gasteiger partial charge in [0.2, 0.25) is 0 Å². The topological polar surface area (TPSA) is 65.5 Å². The number of rotatable bonds is 2. The number of hydrogen-bond acceptors (Lipinski definition) is 4. The highest BCUT2D eigenvalue weighted by atomic mass is 16.5. The van der Waals surface area contributed by atoms with Crippen LogP contribution in [-0.2, 0) is 13.1 Å². The standard InChI is InChI=1S/C18H15N3O2/c22-18(20-23)14-6-3-5-13-10-21(11-15(13)14)17-9-8-12-4-1-2-7-16(12)19-17/h1-9,23H,10-11H2,(H,20,22). The molecule has 114 valence electrons. The number of hydrogen-bond donors (Lipinski definition) is 2. The molecule has 2 heterocycles. The van der Waals surface area contributed by atoms with Gasteiger partial charge in [-0.05, 0) is 35.4 Å². The maximum atomic E-state index is 11.8. The number of carbonyl (C=O) groups is 1. The Morgan fingerprint density at radius 1 is 1.04 bits per heavy atom. The molecule has 2 aromatic carbocycles. The Balaban J connectivity index is 1.70. The van der Waals surface area contributed by atoms with Gasteiger partial charge < -0.3 is 4.90 Å². The number of hydroxylamine groups is 1. The summed E-state index contributed by atoms with van der Waals surface area (Å²) in [6.07, 6.45) is 0. The Morgan fingerprint density at radius 2 is 1.91 bits per heavy atom. The number of amides is 1. The molecule has 0 fully saturated rings. The van der Waals surface area contributed by atoms with E-state index < -0.39 is 5.91 Å². The highest BCUT2D eigenvalue weighted by Crippen LogP contribution is 2.30. The van der Waals surface area contributed by atoms with Gasteiger partial charge >= 0.3 is 0 Å². The average Bonchev–Trinajstić information content (AvgIpc) is 3.04. The van der Waals surface area contributed by atoms with E-state index in [0.717, 1.165) is 27.8 Å². The van der Waals surface area contributed by atoms with Gasteiger partial charge in [0.25, 0.3) is 5.91 Å². The first-order valence-electron chi connectivity index (χ1n) is 7.42. The van der Waals surface area contributed by atoms with E-state index in [0.29, 0.717) is 18.7 Å². The Bertz CT molecular complexity index is 908. The molecule has 1 aromatic heterocycles. The third kappa shape index (κ3) is 2.31. The third-order valence-electron chi connectivity index (χ3n) is 4.24. The van der Waals surface area contributed by atoms with Crippen LogP contribution in [0.4, 0.5) is 5.82 Å². The molecule has 1 aliphatic heterocycles. The van der Waals surface area contributed by atoms with Crippen LogP contribution in [0.2, 0.25) is 0 Å². The summed E-state index contributed by atoms with van der Waals surface area (Å²) in [5.41, 5.74) is 5.20. The van der Waals surface area contributed by atoms with Crippen LogP contribution in [0, 0.1) is 0 Å². The zero-order chi connectivity index (χ0) is 15.8. The molecule has 0 radical (unpaired) electrons. The van der Waals surface area contributed by atoms with Gasteiger partial charge in [-0.3, -0.25) is 10.0 Å². The van der Waals surface area contributed by atoms with Crippen molar-refractivity contribution in [3.05, 3.63) is 71.3 Å². The highest BCUT2D eigenvalue weighted by Gasteiger charge is 2.24. The van der Waals surface area contributed by atoms with Crippen molar-refractivity contribution in [2.75, 3.05) is 4.90 Å². The molecule has 3 aromatic rings. The van der Waals surface area contributed by atoms with Crippen LogP contribution in [0.1, 0.15) is 21.5 Å². The van der Waals surface area contributed by atoms with E-state index in [2.05, 4.69) is 11.0 Å². The predicted octanol–water partition coefficient (Wildman–Crippen LogP) is 2.87. The summed E-state index contributed by atoms with van der Waals surface area (Å²) in [7, 11) is 0. The van der Waals surface area contributed by atoms with E-state index in [9.17, 15) is 4.79 Å². The second-order valence-electron chi connectivity index (χ2n) is 5.60. The minimum absolute atomic E-state index is 0.477. The van der Waals surface area contributed by atoms with Crippen LogP contribution in [0.15, 0.2) is 54.6 Å². The number of pyridine rings is 1. The Morgan fingerprint density at radius 3 is 2.78 bits per heavy atom. The normalized spacial score (nSPS) is 13.2. The quantitative estimate of drug-likeness (QED) is 0.564. The van der Waals surface area contributed by atoms with Crippen molar-refractivity contribution in [1.29, 1.82) is 0 Å². The van der Waals surface area contributed by atoms with Gasteiger partial charge in [0.05, 0.1) is 5.52 Å². The maximum absolute atomic E-state index is 11.8. The molecule has 0 spiro atoms. The Hall–Kier alpha value is -2.92. The van der Waals surface area contributed by atoms with E-state index in [-0.39, 0.29) is 0 Å². The van der Waals surface area contributed by atoms with Crippen LogP contribution < -0.4 is 10.4 Å². The number of nitrogens with one attached hydrogen (secondary N) is 1. The molecule has 5 heteroatoms. The Kier molecular flexibility index (Phi) is 3.20. The fourth-order valence-corrected chi connectivity index (χ4v) is 3.09. The molecule has 1 aliphatic rings. The third-order valence-corrected chi connectivity index (χ3v) is 4.24. The smallest absolute Gasteiger partial charge is 0.274 e. The number of nitrogens with zero attached hydrogens (tertiary/aromatic N) is 2. The number of fused-ring (bicyclic) bond motifs is 2. The first kappa shape index (κ1) is 13.7. The van der Waals surface area contributed by atoms with E-state index in [1.807, 2.05) is 42.5 Å². The van der Waals surface area contributed by atoms with Crippen molar-refractivity contribution < 1.29 is 10.0 Å². The van der Waals surface area contributed by atoms with E-state index in [4.69, 9.17) is 10.2 Å². The predicted molar refractivity (Wildman–Crippen MR) is 87.3 cm³/mol. The van der Waals surface area contributed by atoms with Gasteiger partial charge in [-0.2, -0.15) is 0 Å². The molecule has 1 amide bonds. The lowest BCUT2D eigenvalue weighted by Gasteiger charge is -2.17. The second-order valence-corrected chi connectivity index (χ2v) is 5.60. The largest absolute Gasteiger partial charge is 0.348 e. The SMILES string of the molecule is O=C(NO)c1cccc2c1CN(c1ccc3ccccc3n1)C2. The molecule has 0 unspecified atom stereocenters. The number of benzene rings is 2. The fourth-order valence-electron chi connectivity index (χ4n) is 3.09. The van der Waals surface area contributed by atoms with Crippen molar-refractivity contribution in [3.63, 3.8) is 0 Å². The molecular weight excluding hydrogens is 290 g/mol. The average molecular weight is 305 g/mol. The highest BCUT2D eigenvalue weighted by molar-refractivity contribution is 5.95. The minimum atomic E-state index is -0.477. The molecule has 0 saturated heterocycles. The maximum Gasteiger partial charge on any atom is 0.274 e. The van der Waals surface area contributed by atoms with Gasteiger partial charge in [0.15, 0.2) is 0 Å². The summed E-state index contributed by atoms with van der Waals surface area (Å²) in [5.74, 6) is 0.408.